The van der Waals surface area contributed by atoms with E-state index in [1.807, 2.05) is 42.5 Å². The van der Waals surface area contributed by atoms with Crippen molar-refractivity contribution in [3.8, 4) is 0 Å². The fraction of sp³-hybridized carbons (Fsp3) is 0.208. The smallest absolute Gasteiger partial charge is 0.196 e. The SMILES string of the molecule is CCCCCC(C=CC(=O)c1scc2ccccc12)=Cc1ccccc1. The second-order valence-electron chi connectivity index (χ2n) is 6.44. The van der Waals surface area contributed by atoms with Gasteiger partial charge in [0.25, 0.3) is 0 Å². The maximum absolute atomic E-state index is 12.7. The predicted molar refractivity (Wildman–Crippen MR) is 114 cm³/mol. The molecule has 0 radical (unpaired) electrons. The maximum Gasteiger partial charge on any atom is 0.196 e. The van der Waals surface area contributed by atoms with Crippen LogP contribution >= 0.6 is 11.3 Å². The zero-order valence-electron chi connectivity index (χ0n) is 15.2. The largest absolute Gasteiger partial charge is 0.288 e. The van der Waals surface area contributed by atoms with Crippen LogP contribution in [0.1, 0.15) is 47.8 Å². The predicted octanol–water partition coefficient (Wildman–Crippen LogP) is 7.30. The van der Waals surface area contributed by atoms with Crippen molar-refractivity contribution in [3.05, 3.63) is 88.1 Å². The Morgan fingerprint density at radius 3 is 2.54 bits per heavy atom. The van der Waals surface area contributed by atoms with Gasteiger partial charge >= 0.3 is 0 Å². The number of hydrogen-bond acceptors (Lipinski definition) is 2. The molecule has 1 heterocycles. The van der Waals surface area contributed by atoms with Gasteiger partial charge in [0.15, 0.2) is 5.78 Å². The van der Waals surface area contributed by atoms with Crippen LogP contribution < -0.4 is 0 Å². The van der Waals surface area contributed by atoms with Crippen LogP contribution in [0.4, 0.5) is 0 Å². The lowest BCUT2D eigenvalue weighted by atomic mass is 10.0. The Bertz CT molecular complexity index is 916. The van der Waals surface area contributed by atoms with Crippen LogP contribution in [0.5, 0.6) is 0 Å². The number of carbonyl (C=O) groups excluding carboxylic acids is 1. The molecule has 0 bridgehead atoms. The molecule has 0 aliphatic rings. The Kier molecular flexibility index (Phi) is 6.56. The Balaban J connectivity index is 1.80. The number of unbranched alkanes of at least 4 members (excludes halogenated alkanes) is 2. The van der Waals surface area contributed by atoms with E-state index in [-0.39, 0.29) is 5.78 Å². The van der Waals surface area contributed by atoms with E-state index < -0.39 is 0 Å². The molecule has 3 rings (SSSR count). The zero-order chi connectivity index (χ0) is 18.2. The molecule has 0 fully saturated rings. The number of fused-ring (bicyclic) bond motifs is 1. The van der Waals surface area contributed by atoms with Gasteiger partial charge in [-0.25, -0.2) is 0 Å². The molecule has 0 aliphatic heterocycles. The van der Waals surface area contributed by atoms with E-state index in [1.54, 1.807) is 6.08 Å². The normalized spacial score (nSPS) is 12.1. The third-order valence-electron chi connectivity index (χ3n) is 4.40. The Hall–Kier alpha value is -2.45. The van der Waals surface area contributed by atoms with E-state index in [1.165, 1.54) is 35.3 Å². The average Bonchev–Trinajstić information content (AvgIpc) is 3.11. The second kappa shape index (κ2) is 9.30. The highest BCUT2D eigenvalue weighted by atomic mass is 32.1. The number of rotatable bonds is 8. The lowest BCUT2D eigenvalue weighted by molar-refractivity contribution is 0.105. The minimum atomic E-state index is 0.0886. The molecular formula is C24H24OS. The molecule has 3 aromatic rings. The Morgan fingerprint density at radius 1 is 0.962 bits per heavy atom. The molecule has 0 unspecified atom stereocenters. The van der Waals surface area contributed by atoms with Crippen LogP contribution in [-0.2, 0) is 0 Å². The van der Waals surface area contributed by atoms with Crippen molar-refractivity contribution in [2.45, 2.75) is 32.6 Å². The summed E-state index contributed by atoms with van der Waals surface area (Å²) in [4.78, 5) is 13.5. The van der Waals surface area contributed by atoms with Crippen LogP contribution in [0, 0.1) is 0 Å². The summed E-state index contributed by atoms with van der Waals surface area (Å²) in [7, 11) is 0. The van der Waals surface area contributed by atoms with E-state index in [9.17, 15) is 4.79 Å². The summed E-state index contributed by atoms with van der Waals surface area (Å²) in [5.74, 6) is 0.0886. The quantitative estimate of drug-likeness (QED) is 0.178. The van der Waals surface area contributed by atoms with Crippen molar-refractivity contribution >= 4 is 34.0 Å². The highest BCUT2D eigenvalue weighted by molar-refractivity contribution is 7.14. The molecule has 0 saturated carbocycles. The van der Waals surface area contributed by atoms with Gasteiger partial charge in [0.2, 0.25) is 0 Å². The summed E-state index contributed by atoms with van der Waals surface area (Å²) >= 11 is 1.53. The first-order chi connectivity index (χ1) is 12.8. The van der Waals surface area contributed by atoms with E-state index in [0.29, 0.717) is 0 Å². The molecule has 132 valence electrons. The van der Waals surface area contributed by atoms with Crippen LogP contribution in [0.25, 0.3) is 16.8 Å². The molecule has 1 aromatic heterocycles. The third-order valence-corrected chi connectivity index (χ3v) is 5.43. The Morgan fingerprint density at radius 2 is 1.73 bits per heavy atom. The highest BCUT2D eigenvalue weighted by Gasteiger charge is 2.09. The minimum absolute atomic E-state index is 0.0886. The van der Waals surface area contributed by atoms with Crippen LogP contribution in [0.2, 0.25) is 0 Å². The molecule has 0 spiro atoms. The number of thiophene rings is 1. The number of allylic oxidation sites excluding steroid dienone is 3. The van der Waals surface area contributed by atoms with Crippen molar-refractivity contribution < 1.29 is 4.79 Å². The van der Waals surface area contributed by atoms with Crippen LogP contribution in [-0.4, -0.2) is 5.78 Å². The van der Waals surface area contributed by atoms with Crippen LogP contribution in [0.15, 0.2) is 77.7 Å². The molecule has 2 heteroatoms. The van der Waals surface area contributed by atoms with Crippen LogP contribution in [0.3, 0.4) is 0 Å². The van der Waals surface area contributed by atoms with Gasteiger partial charge in [-0.3, -0.25) is 4.79 Å². The van der Waals surface area contributed by atoms with Gasteiger partial charge in [-0.05, 0) is 40.8 Å². The number of carbonyl (C=O) groups is 1. The molecule has 0 N–H and O–H groups in total. The van der Waals surface area contributed by atoms with Crippen molar-refractivity contribution in [2.24, 2.45) is 0 Å². The maximum atomic E-state index is 12.7. The number of benzene rings is 2. The molecule has 0 atom stereocenters. The first-order valence-electron chi connectivity index (χ1n) is 9.22. The molecule has 26 heavy (non-hydrogen) atoms. The summed E-state index contributed by atoms with van der Waals surface area (Å²) in [6.07, 6.45) is 10.5. The summed E-state index contributed by atoms with van der Waals surface area (Å²) in [6, 6.07) is 18.4. The fourth-order valence-electron chi connectivity index (χ4n) is 2.99. The molecular weight excluding hydrogens is 336 g/mol. The van der Waals surface area contributed by atoms with Crippen molar-refractivity contribution in [3.63, 3.8) is 0 Å². The summed E-state index contributed by atoms with van der Waals surface area (Å²) in [5, 5.41) is 4.24. The molecule has 0 saturated heterocycles. The summed E-state index contributed by atoms with van der Waals surface area (Å²) < 4.78 is 0. The molecule has 0 amide bonds. The second-order valence-corrected chi connectivity index (χ2v) is 7.32. The molecule has 0 aliphatic carbocycles. The lowest BCUT2D eigenvalue weighted by Crippen LogP contribution is -1.92. The zero-order valence-corrected chi connectivity index (χ0v) is 16.0. The first-order valence-corrected chi connectivity index (χ1v) is 10.1. The van der Waals surface area contributed by atoms with Gasteiger partial charge in [-0.2, -0.15) is 0 Å². The standard InChI is InChI=1S/C24H24OS/c1-2-3-5-10-20(17-19-11-6-4-7-12-19)15-16-23(25)24-22-14-9-8-13-21(22)18-26-24/h4,6-9,11-18H,2-3,5,10H2,1H3. The van der Waals surface area contributed by atoms with Crippen molar-refractivity contribution in [2.75, 3.05) is 0 Å². The fourth-order valence-corrected chi connectivity index (χ4v) is 3.94. The summed E-state index contributed by atoms with van der Waals surface area (Å²) in [6.45, 7) is 2.21. The van der Waals surface area contributed by atoms with Crippen molar-refractivity contribution in [1.29, 1.82) is 0 Å². The van der Waals surface area contributed by atoms with Gasteiger partial charge < -0.3 is 0 Å². The highest BCUT2D eigenvalue weighted by Crippen LogP contribution is 2.26. The topological polar surface area (TPSA) is 17.1 Å². The van der Waals surface area contributed by atoms with E-state index in [0.717, 1.165) is 28.5 Å². The van der Waals surface area contributed by atoms with Gasteiger partial charge in [-0.15, -0.1) is 11.3 Å². The van der Waals surface area contributed by atoms with Gasteiger partial charge in [0.1, 0.15) is 0 Å². The molecule has 1 nitrogen and oxygen atoms in total. The first kappa shape index (κ1) is 18.3. The number of hydrogen-bond donors (Lipinski definition) is 0. The average molecular weight is 361 g/mol. The molecule has 2 aromatic carbocycles. The number of ketones is 1. The van der Waals surface area contributed by atoms with E-state index in [4.69, 9.17) is 0 Å². The van der Waals surface area contributed by atoms with Gasteiger partial charge in [0.05, 0.1) is 4.88 Å². The van der Waals surface area contributed by atoms with E-state index >= 15 is 0 Å². The minimum Gasteiger partial charge on any atom is -0.288 e. The lowest BCUT2D eigenvalue weighted by Gasteiger charge is -2.03. The third kappa shape index (κ3) is 4.80. The Labute approximate surface area is 159 Å². The van der Waals surface area contributed by atoms with Gasteiger partial charge in [0, 0.05) is 5.39 Å². The van der Waals surface area contributed by atoms with Crippen molar-refractivity contribution in [1.82, 2.24) is 0 Å². The van der Waals surface area contributed by atoms with E-state index in [2.05, 4.69) is 36.6 Å². The summed E-state index contributed by atoms with van der Waals surface area (Å²) in [5.41, 5.74) is 2.39. The monoisotopic (exact) mass is 360 g/mol. The van der Waals surface area contributed by atoms with Gasteiger partial charge in [-0.1, -0.05) is 86.5 Å².